The maximum absolute atomic E-state index is 15.4. The van der Waals surface area contributed by atoms with Gasteiger partial charge in [-0.3, -0.25) is 4.79 Å². The van der Waals surface area contributed by atoms with Crippen LogP contribution in [0.1, 0.15) is 36.8 Å². The van der Waals surface area contributed by atoms with E-state index in [0.29, 0.717) is 5.02 Å². The largest absolute Gasteiger partial charge is 0.487 e. The lowest BCUT2D eigenvalue weighted by Gasteiger charge is -2.55. The number of hydrogen-bond acceptors (Lipinski definition) is 5. The number of rotatable bonds is 7. The normalized spacial score (nSPS) is 24.7. The van der Waals surface area contributed by atoms with Crippen molar-refractivity contribution in [2.24, 2.45) is 0 Å². The van der Waals surface area contributed by atoms with Crippen LogP contribution in [0.15, 0.2) is 36.4 Å². The van der Waals surface area contributed by atoms with Crippen LogP contribution >= 0.6 is 11.6 Å². The molecule has 2 aliphatic rings. The fourth-order valence-electron chi connectivity index (χ4n) is 5.12. The lowest BCUT2D eigenvalue weighted by molar-refractivity contribution is -0.167. The van der Waals surface area contributed by atoms with Crippen LogP contribution in [0.25, 0.3) is 0 Å². The Morgan fingerprint density at radius 2 is 1.82 bits per heavy atom. The molecule has 0 bridgehead atoms. The van der Waals surface area contributed by atoms with Gasteiger partial charge in [-0.25, -0.2) is 17.2 Å². The summed E-state index contributed by atoms with van der Waals surface area (Å²) in [6.07, 6.45) is 2.03. The first-order chi connectivity index (χ1) is 15.6. The van der Waals surface area contributed by atoms with Crippen molar-refractivity contribution in [2.75, 3.05) is 25.2 Å². The predicted octanol–water partition coefficient (Wildman–Crippen LogP) is 4.43. The standard InChI is InChI=1S/C24H25ClF2O5S/c1-33(29,30)12-2-11-32-24-14-18(28)9-10-23(24,13-16-3-5-17(25)6-4-16)21-19(26)7-8-20(27)22(21)31-15-24/h3-8H,2,9-15H2,1H3/t23-,24+/m1/s1. The van der Waals surface area contributed by atoms with Crippen molar-refractivity contribution in [3.8, 4) is 5.75 Å². The van der Waals surface area contributed by atoms with E-state index in [4.69, 9.17) is 21.1 Å². The van der Waals surface area contributed by atoms with Crippen LogP contribution in [-0.4, -0.2) is 45.0 Å². The zero-order valence-corrected chi connectivity index (χ0v) is 19.8. The number of fused-ring (bicyclic) bond motifs is 3. The highest BCUT2D eigenvalue weighted by atomic mass is 35.5. The molecule has 2 aromatic rings. The van der Waals surface area contributed by atoms with Gasteiger partial charge in [0.1, 0.15) is 33.6 Å². The average molecular weight is 499 g/mol. The van der Waals surface area contributed by atoms with Crippen molar-refractivity contribution < 1.29 is 31.5 Å². The minimum absolute atomic E-state index is 0.0329. The van der Waals surface area contributed by atoms with E-state index in [1.807, 2.05) is 12.1 Å². The molecular formula is C24H25ClF2O5S. The van der Waals surface area contributed by atoms with Crippen LogP contribution in [0.4, 0.5) is 8.78 Å². The second kappa shape index (κ2) is 8.96. The molecule has 4 rings (SSSR count). The van der Waals surface area contributed by atoms with E-state index in [1.54, 1.807) is 12.1 Å². The van der Waals surface area contributed by atoms with Gasteiger partial charge < -0.3 is 9.47 Å². The Balaban J connectivity index is 1.82. The first-order valence-corrected chi connectivity index (χ1v) is 13.2. The van der Waals surface area contributed by atoms with Gasteiger partial charge in [-0.2, -0.15) is 0 Å². The number of Topliss-reactive ketones (excluding diaryl/α,β-unsaturated/α-hetero) is 1. The SMILES string of the molecule is CS(=O)(=O)CCCO[C@@]12COc3c(F)ccc(F)c3[C@]1(Cc1ccc(Cl)cc1)CCC(=O)C2. The summed E-state index contributed by atoms with van der Waals surface area (Å²) in [6.45, 7) is -0.100. The summed E-state index contributed by atoms with van der Waals surface area (Å²) in [4.78, 5) is 12.6. The van der Waals surface area contributed by atoms with E-state index in [9.17, 15) is 17.6 Å². The molecule has 0 unspecified atom stereocenters. The van der Waals surface area contributed by atoms with Crippen LogP contribution in [0.5, 0.6) is 5.75 Å². The van der Waals surface area contributed by atoms with Crippen LogP contribution < -0.4 is 4.74 Å². The molecule has 33 heavy (non-hydrogen) atoms. The number of sulfone groups is 1. The van der Waals surface area contributed by atoms with Crippen molar-refractivity contribution in [2.45, 2.75) is 43.1 Å². The third kappa shape index (κ3) is 4.66. The van der Waals surface area contributed by atoms with Crippen LogP contribution in [0.3, 0.4) is 0 Å². The topological polar surface area (TPSA) is 69.7 Å². The first kappa shape index (κ1) is 24.1. The molecule has 2 aromatic carbocycles. The van der Waals surface area contributed by atoms with Gasteiger partial charge in [0.2, 0.25) is 0 Å². The van der Waals surface area contributed by atoms with Gasteiger partial charge >= 0.3 is 0 Å². The van der Waals surface area contributed by atoms with Gasteiger partial charge in [0.25, 0.3) is 0 Å². The number of ketones is 1. The summed E-state index contributed by atoms with van der Waals surface area (Å²) in [5.41, 5.74) is -1.45. The van der Waals surface area contributed by atoms with Gasteiger partial charge in [0.15, 0.2) is 11.6 Å². The van der Waals surface area contributed by atoms with Crippen molar-refractivity contribution in [1.29, 1.82) is 0 Å². The Kier molecular flexibility index (Phi) is 6.55. The Labute approximate surface area is 197 Å². The molecule has 5 nitrogen and oxygen atoms in total. The second-order valence-corrected chi connectivity index (χ2v) is 11.6. The minimum Gasteiger partial charge on any atom is -0.487 e. The molecule has 0 radical (unpaired) electrons. The summed E-state index contributed by atoms with van der Waals surface area (Å²) in [5.74, 6) is -1.60. The van der Waals surface area contributed by atoms with Crippen LogP contribution in [-0.2, 0) is 31.2 Å². The lowest BCUT2D eigenvalue weighted by Crippen LogP contribution is -2.64. The first-order valence-electron chi connectivity index (χ1n) is 10.7. The Morgan fingerprint density at radius 1 is 1.12 bits per heavy atom. The summed E-state index contributed by atoms with van der Waals surface area (Å²) in [5, 5.41) is 0.544. The van der Waals surface area contributed by atoms with E-state index >= 15 is 4.39 Å². The monoisotopic (exact) mass is 498 g/mol. The highest BCUT2D eigenvalue weighted by Gasteiger charge is 2.61. The Bertz CT molecular complexity index is 1170. The highest BCUT2D eigenvalue weighted by Crippen LogP contribution is 2.56. The maximum atomic E-state index is 15.4. The lowest BCUT2D eigenvalue weighted by atomic mass is 9.55. The van der Waals surface area contributed by atoms with Crippen molar-refractivity contribution in [3.63, 3.8) is 0 Å². The van der Waals surface area contributed by atoms with Gasteiger partial charge in [0.05, 0.1) is 5.75 Å². The minimum atomic E-state index is -3.20. The van der Waals surface area contributed by atoms with E-state index < -0.39 is 32.5 Å². The van der Waals surface area contributed by atoms with E-state index in [0.717, 1.165) is 24.0 Å². The van der Waals surface area contributed by atoms with Crippen molar-refractivity contribution in [3.05, 3.63) is 64.2 Å². The zero-order chi connectivity index (χ0) is 23.9. The predicted molar refractivity (Wildman–Crippen MR) is 121 cm³/mol. The van der Waals surface area contributed by atoms with Crippen molar-refractivity contribution in [1.82, 2.24) is 0 Å². The fraction of sp³-hybridized carbons (Fsp3) is 0.458. The molecular weight excluding hydrogens is 474 g/mol. The maximum Gasteiger partial charge on any atom is 0.165 e. The number of ether oxygens (including phenoxy) is 2. The molecule has 178 valence electrons. The molecule has 9 heteroatoms. The van der Waals surface area contributed by atoms with Crippen LogP contribution in [0.2, 0.25) is 5.02 Å². The Hall–Kier alpha value is -2.03. The smallest absolute Gasteiger partial charge is 0.165 e. The molecule has 0 saturated heterocycles. The molecule has 1 saturated carbocycles. The quantitative estimate of drug-likeness (QED) is 0.528. The third-order valence-corrected chi connectivity index (χ3v) is 7.91. The summed E-state index contributed by atoms with van der Waals surface area (Å²) >= 11 is 6.04. The van der Waals surface area contributed by atoms with E-state index in [-0.39, 0.29) is 68.2 Å². The number of carbonyl (C=O) groups is 1. The summed E-state index contributed by atoms with van der Waals surface area (Å²) < 4.78 is 65.2. The molecule has 1 fully saturated rings. The second-order valence-electron chi connectivity index (χ2n) is 8.95. The number of hydrogen-bond donors (Lipinski definition) is 0. The number of halogens is 3. The van der Waals surface area contributed by atoms with Gasteiger partial charge in [0, 0.05) is 41.7 Å². The van der Waals surface area contributed by atoms with E-state index in [2.05, 4.69) is 0 Å². The van der Waals surface area contributed by atoms with Crippen molar-refractivity contribution >= 4 is 27.2 Å². The highest BCUT2D eigenvalue weighted by molar-refractivity contribution is 7.90. The molecule has 2 atom stereocenters. The molecule has 0 spiro atoms. The molecule has 0 aromatic heterocycles. The average Bonchev–Trinajstić information content (AvgIpc) is 2.75. The fourth-order valence-corrected chi connectivity index (χ4v) is 5.88. The van der Waals surface area contributed by atoms with Crippen LogP contribution in [0, 0.1) is 11.6 Å². The van der Waals surface area contributed by atoms with E-state index in [1.165, 1.54) is 0 Å². The molecule has 1 aliphatic carbocycles. The third-order valence-electron chi connectivity index (χ3n) is 6.63. The Morgan fingerprint density at radius 3 is 2.52 bits per heavy atom. The van der Waals surface area contributed by atoms with Gasteiger partial charge in [-0.15, -0.1) is 0 Å². The van der Waals surface area contributed by atoms with Gasteiger partial charge in [-0.05, 0) is 49.1 Å². The number of benzene rings is 2. The molecule has 1 heterocycles. The zero-order valence-electron chi connectivity index (χ0n) is 18.2. The van der Waals surface area contributed by atoms with Gasteiger partial charge in [-0.1, -0.05) is 23.7 Å². The molecule has 0 amide bonds. The number of carbonyl (C=O) groups excluding carboxylic acids is 1. The molecule has 1 aliphatic heterocycles. The summed E-state index contributed by atoms with van der Waals surface area (Å²) in [7, 11) is -3.20. The summed E-state index contributed by atoms with van der Waals surface area (Å²) in [6, 6.07) is 9.16. The molecule has 0 N–H and O–H groups in total.